The number of aryl methyl sites for hydroxylation is 1. The summed E-state index contributed by atoms with van der Waals surface area (Å²) in [5.41, 5.74) is 0.161. The Morgan fingerprint density at radius 2 is 1.84 bits per heavy atom. The second kappa shape index (κ2) is 8.27. The molecule has 1 fully saturated rings. The molecule has 3 aromatic rings. The first-order chi connectivity index (χ1) is 15.1. The average molecular weight is 440 g/mol. The van der Waals surface area contributed by atoms with E-state index in [4.69, 9.17) is 0 Å². The van der Waals surface area contributed by atoms with Crippen LogP contribution in [0.4, 0.5) is 4.39 Å². The monoisotopic (exact) mass is 440 g/mol. The number of aliphatic hydroxyl groups is 1. The van der Waals surface area contributed by atoms with Crippen molar-refractivity contribution in [3.63, 3.8) is 0 Å². The number of amides is 2. The molecule has 32 heavy (non-hydrogen) atoms. The van der Waals surface area contributed by atoms with Gasteiger partial charge in [-0.25, -0.2) is 14.4 Å². The molecular weight excluding hydrogens is 415 g/mol. The number of fused-ring (bicyclic) bond motifs is 1. The van der Waals surface area contributed by atoms with Gasteiger partial charge < -0.3 is 15.3 Å². The molecule has 0 atom stereocenters. The molecule has 0 spiro atoms. The average Bonchev–Trinajstić information content (AvgIpc) is 3.09. The van der Waals surface area contributed by atoms with Crippen molar-refractivity contribution in [2.24, 2.45) is 0 Å². The molecule has 1 aromatic carbocycles. The minimum Gasteiger partial charge on any atom is -0.381 e. The number of nitrogens with zero attached hydrogens (tertiary/aromatic N) is 5. The van der Waals surface area contributed by atoms with E-state index >= 15 is 0 Å². The molecule has 1 saturated heterocycles. The molecule has 1 aliphatic heterocycles. The number of hydrogen-bond acceptors (Lipinski definition) is 6. The molecule has 9 nitrogen and oxygen atoms in total. The number of carbonyl (C=O) groups is 2. The van der Waals surface area contributed by atoms with E-state index in [1.165, 1.54) is 43.1 Å². The highest BCUT2D eigenvalue weighted by atomic mass is 19.1. The van der Waals surface area contributed by atoms with Crippen LogP contribution in [0.15, 0.2) is 30.6 Å². The van der Waals surface area contributed by atoms with E-state index in [0.717, 1.165) is 11.1 Å². The number of carbonyl (C=O) groups excluding carboxylic acids is 2. The van der Waals surface area contributed by atoms with Crippen molar-refractivity contribution < 1.29 is 19.1 Å². The fourth-order valence-corrected chi connectivity index (χ4v) is 3.83. The molecule has 0 aliphatic carbocycles. The molecule has 168 valence electrons. The first kappa shape index (κ1) is 21.8. The van der Waals surface area contributed by atoms with E-state index in [1.807, 2.05) is 6.92 Å². The zero-order valence-electron chi connectivity index (χ0n) is 18.2. The Hall–Kier alpha value is -3.40. The minimum atomic E-state index is -1.40. The van der Waals surface area contributed by atoms with Crippen LogP contribution in [0.25, 0.3) is 16.9 Å². The van der Waals surface area contributed by atoms with Crippen LogP contribution in [0, 0.1) is 12.7 Å². The smallest absolute Gasteiger partial charge is 0.254 e. The predicted molar refractivity (Wildman–Crippen MR) is 115 cm³/mol. The third-order valence-corrected chi connectivity index (χ3v) is 5.56. The maximum absolute atomic E-state index is 13.7. The van der Waals surface area contributed by atoms with Crippen LogP contribution in [0.5, 0.6) is 0 Å². The Morgan fingerprint density at radius 1 is 1.19 bits per heavy atom. The lowest BCUT2D eigenvalue weighted by Crippen LogP contribution is -2.51. The number of likely N-dealkylation sites (tertiary alicyclic amines) is 1. The Labute approximate surface area is 184 Å². The number of aromatic nitrogens is 4. The van der Waals surface area contributed by atoms with Crippen LogP contribution < -0.4 is 5.32 Å². The highest BCUT2D eigenvalue weighted by Crippen LogP contribution is 2.21. The Balaban J connectivity index is 1.42. The fraction of sp³-hybridized carbons (Fsp3) is 0.409. The largest absolute Gasteiger partial charge is 0.381 e. The topological polar surface area (TPSA) is 113 Å². The van der Waals surface area contributed by atoms with Crippen molar-refractivity contribution in [1.82, 2.24) is 30.0 Å². The maximum Gasteiger partial charge on any atom is 0.254 e. The number of rotatable bonds is 4. The molecule has 0 unspecified atom stereocenters. The summed E-state index contributed by atoms with van der Waals surface area (Å²) in [6, 6.07) is 4.31. The van der Waals surface area contributed by atoms with Gasteiger partial charge >= 0.3 is 0 Å². The highest BCUT2D eigenvalue weighted by molar-refractivity contribution is 5.94. The number of halogens is 1. The Bertz CT molecular complexity index is 1160. The lowest BCUT2D eigenvalue weighted by molar-refractivity contribution is -0.148. The number of benzene rings is 1. The van der Waals surface area contributed by atoms with Crippen molar-refractivity contribution in [3.05, 3.63) is 47.7 Å². The van der Waals surface area contributed by atoms with E-state index < -0.39 is 5.60 Å². The quantitative estimate of drug-likeness (QED) is 0.639. The Morgan fingerprint density at radius 3 is 2.47 bits per heavy atom. The van der Waals surface area contributed by atoms with Crippen molar-refractivity contribution in [3.8, 4) is 5.95 Å². The third kappa shape index (κ3) is 4.31. The lowest BCUT2D eigenvalue weighted by atomic mass is 10.0. The van der Waals surface area contributed by atoms with Gasteiger partial charge in [0.05, 0.1) is 16.8 Å². The van der Waals surface area contributed by atoms with Gasteiger partial charge in [-0.3, -0.25) is 9.59 Å². The fourth-order valence-electron chi connectivity index (χ4n) is 3.83. The highest BCUT2D eigenvalue weighted by Gasteiger charge is 2.32. The molecule has 2 amide bonds. The zero-order chi connectivity index (χ0) is 23.0. The minimum absolute atomic E-state index is 0.0892. The molecule has 0 radical (unpaired) electrons. The van der Waals surface area contributed by atoms with Crippen LogP contribution >= 0.6 is 0 Å². The summed E-state index contributed by atoms with van der Waals surface area (Å²) in [5.74, 6) is -0.766. The van der Waals surface area contributed by atoms with E-state index in [9.17, 15) is 19.1 Å². The van der Waals surface area contributed by atoms with Gasteiger partial charge in [-0.1, -0.05) is 0 Å². The van der Waals surface area contributed by atoms with Gasteiger partial charge in [0.2, 0.25) is 0 Å². The zero-order valence-corrected chi connectivity index (χ0v) is 18.2. The third-order valence-electron chi connectivity index (χ3n) is 5.56. The summed E-state index contributed by atoms with van der Waals surface area (Å²) in [5, 5.41) is 18.0. The van der Waals surface area contributed by atoms with Crippen molar-refractivity contribution in [1.29, 1.82) is 0 Å². The predicted octanol–water partition coefficient (Wildman–Crippen LogP) is 1.75. The van der Waals surface area contributed by atoms with Crippen LogP contribution in [-0.2, 0) is 4.79 Å². The second-order valence-electron chi connectivity index (χ2n) is 8.53. The molecule has 2 aromatic heterocycles. The van der Waals surface area contributed by atoms with Gasteiger partial charge in [0, 0.05) is 43.0 Å². The van der Waals surface area contributed by atoms with Crippen LogP contribution in [0.2, 0.25) is 0 Å². The molecule has 10 heteroatoms. The molecular formula is C22H25FN6O3. The standard InChI is InChI=1S/C22H25FN6O3/c1-13-17-5-4-15(23)10-18(17)29(27-13)21-24-11-14(12-25-21)19(30)26-16-6-8-28(9-7-16)20(31)22(2,3)32/h4-5,10-12,16,32H,6-9H2,1-3H3,(H,26,30). The molecule has 0 saturated carbocycles. The normalized spacial score (nSPS) is 15.2. The summed E-state index contributed by atoms with van der Waals surface area (Å²) in [6.07, 6.45) is 4.01. The van der Waals surface area contributed by atoms with Crippen LogP contribution in [-0.4, -0.2) is 66.3 Å². The lowest BCUT2D eigenvalue weighted by Gasteiger charge is -2.35. The van der Waals surface area contributed by atoms with Crippen molar-refractivity contribution in [2.45, 2.75) is 45.3 Å². The van der Waals surface area contributed by atoms with Crippen LogP contribution in [0.3, 0.4) is 0 Å². The maximum atomic E-state index is 13.7. The van der Waals surface area contributed by atoms with Crippen LogP contribution in [0.1, 0.15) is 42.7 Å². The SMILES string of the molecule is Cc1nn(-c2ncc(C(=O)NC3CCN(C(=O)C(C)(C)O)CC3)cn2)c2cc(F)ccc12. The molecule has 2 N–H and O–H groups in total. The van der Waals surface area contributed by atoms with Crippen molar-refractivity contribution in [2.75, 3.05) is 13.1 Å². The van der Waals surface area contributed by atoms with Gasteiger partial charge in [-0.05, 0) is 45.7 Å². The van der Waals surface area contributed by atoms with E-state index in [2.05, 4.69) is 20.4 Å². The molecule has 3 heterocycles. The molecule has 0 bridgehead atoms. The summed E-state index contributed by atoms with van der Waals surface area (Å²) < 4.78 is 15.1. The molecule has 1 aliphatic rings. The van der Waals surface area contributed by atoms with Gasteiger partial charge in [0.15, 0.2) is 0 Å². The Kier molecular flexibility index (Phi) is 5.64. The summed E-state index contributed by atoms with van der Waals surface area (Å²) in [7, 11) is 0. The van der Waals surface area contributed by atoms with Gasteiger partial charge in [0.25, 0.3) is 17.8 Å². The number of nitrogens with one attached hydrogen (secondary N) is 1. The first-order valence-electron chi connectivity index (χ1n) is 10.4. The first-order valence-corrected chi connectivity index (χ1v) is 10.4. The van der Waals surface area contributed by atoms with Gasteiger partial charge in [0.1, 0.15) is 11.4 Å². The summed E-state index contributed by atoms with van der Waals surface area (Å²) in [4.78, 5) is 34.9. The summed E-state index contributed by atoms with van der Waals surface area (Å²) >= 11 is 0. The van der Waals surface area contributed by atoms with E-state index in [-0.39, 0.29) is 29.6 Å². The summed E-state index contributed by atoms with van der Waals surface area (Å²) in [6.45, 7) is 5.68. The van der Waals surface area contributed by atoms with E-state index in [1.54, 1.807) is 11.0 Å². The van der Waals surface area contributed by atoms with Gasteiger partial charge in [-0.15, -0.1) is 0 Å². The number of hydrogen-bond donors (Lipinski definition) is 2. The number of piperidine rings is 1. The van der Waals surface area contributed by atoms with Crippen molar-refractivity contribution >= 4 is 22.7 Å². The van der Waals surface area contributed by atoms with E-state index in [0.29, 0.717) is 37.0 Å². The van der Waals surface area contributed by atoms with Gasteiger partial charge in [-0.2, -0.15) is 9.78 Å². The second-order valence-corrected chi connectivity index (χ2v) is 8.53. The molecule has 4 rings (SSSR count).